The number of carbonyl (C=O) groups is 6. The van der Waals surface area contributed by atoms with Gasteiger partial charge in [0.05, 0.1) is 12.6 Å². The Labute approximate surface area is 270 Å². The van der Waals surface area contributed by atoms with E-state index < -0.39 is 59.7 Å². The van der Waals surface area contributed by atoms with E-state index in [0.717, 1.165) is 6.92 Å². The highest BCUT2D eigenvalue weighted by Gasteiger charge is 2.60. The average molecular weight is 643 g/mol. The SMILES string of the molecule is CC(=O)N[C@@H](CC(=O)O)C(=O)N([C@@H](Cc1ccccc1)C(=O)O)N1C(=O)N(Cc2ccccc2)[C@](C)(c2ccc(C=NN)cc2)C1=O. The normalized spacial score (nSPS) is 17.4. The van der Waals surface area contributed by atoms with Gasteiger partial charge < -0.3 is 21.4 Å². The fraction of sp³-hybridized carbons (Fsp3) is 0.242. The molecule has 5 amide bonds. The van der Waals surface area contributed by atoms with Gasteiger partial charge in [-0.1, -0.05) is 84.9 Å². The van der Waals surface area contributed by atoms with Crippen LogP contribution in [-0.2, 0) is 42.5 Å². The predicted molar refractivity (Wildman–Crippen MR) is 168 cm³/mol. The number of nitrogens with two attached hydrogens (primary N) is 1. The van der Waals surface area contributed by atoms with Crippen molar-refractivity contribution in [3.63, 3.8) is 0 Å². The van der Waals surface area contributed by atoms with E-state index in [1.54, 1.807) is 84.9 Å². The van der Waals surface area contributed by atoms with Crippen LogP contribution in [0.2, 0.25) is 0 Å². The Morgan fingerprint density at radius 2 is 1.51 bits per heavy atom. The van der Waals surface area contributed by atoms with Gasteiger partial charge in [-0.2, -0.15) is 10.1 Å². The lowest BCUT2D eigenvalue weighted by Gasteiger charge is -2.36. The summed E-state index contributed by atoms with van der Waals surface area (Å²) in [5.74, 6) is -0.808. The van der Waals surface area contributed by atoms with Gasteiger partial charge in [0.2, 0.25) is 5.91 Å². The third kappa shape index (κ3) is 7.27. The van der Waals surface area contributed by atoms with Gasteiger partial charge >= 0.3 is 18.0 Å². The van der Waals surface area contributed by atoms with E-state index in [9.17, 15) is 39.0 Å². The molecule has 1 heterocycles. The van der Waals surface area contributed by atoms with Crippen molar-refractivity contribution in [2.24, 2.45) is 10.9 Å². The zero-order chi connectivity index (χ0) is 34.3. The topological polar surface area (TPSA) is 203 Å². The van der Waals surface area contributed by atoms with Gasteiger partial charge in [-0.25, -0.2) is 14.6 Å². The maximum absolute atomic E-state index is 14.7. The Kier molecular flexibility index (Phi) is 10.3. The van der Waals surface area contributed by atoms with E-state index in [-0.39, 0.29) is 13.0 Å². The molecule has 3 aromatic rings. The van der Waals surface area contributed by atoms with Gasteiger partial charge in [0.15, 0.2) is 6.04 Å². The minimum atomic E-state index is -1.87. The number of imide groups is 1. The summed E-state index contributed by atoms with van der Waals surface area (Å²) in [5, 5.41) is 26.7. The van der Waals surface area contributed by atoms with Gasteiger partial charge in [-0.3, -0.25) is 24.1 Å². The summed E-state index contributed by atoms with van der Waals surface area (Å²) in [7, 11) is 0. The third-order valence-corrected chi connectivity index (χ3v) is 7.79. The summed E-state index contributed by atoms with van der Waals surface area (Å²) < 4.78 is 0. The molecule has 1 aliphatic heterocycles. The maximum atomic E-state index is 14.7. The van der Waals surface area contributed by atoms with E-state index in [0.29, 0.717) is 32.3 Å². The predicted octanol–water partition coefficient (Wildman–Crippen LogP) is 2.08. The quantitative estimate of drug-likeness (QED) is 0.0931. The number of hydrogen-bond donors (Lipinski definition) is 4. The second-order valence-corrected chi connectivity index (χ2v) is 11.0. The van der Waals surface area contributed by atoms with Crippen molar-refractivity contribution in [1.82, 2.24) is 20.2 Å². The Balaban J connectivity index is 1.92. The summed E-state index contributed by atoms with van der Waals surface area (Å²) in [6.07, 6.45) is 0.0765. The van der Waals surface area contributed by atoms with Gasteiger partial charge in [0.1, 0.15) is 11.6 Å². The summed E-state index contributed by atoms with van der Waals surface area (Å²) in [5.41, 5.74) is 0.227. The maximum Gasteiger partial charge on any atom is 0.347 e. The smallest absolute Gasteiger partial charge is 0.347 e. The number of carboxylic acid groups (broad SMARTS) is 2. The van der Waals surface area contributed by atoms with E-state index in [4.69, 9.17) is 5.84 Å². The monoisotopic (exact) mass is 642 g/mol. The van der Waals surface area contributed by atoms with E-state index in [2.05, 4.69) is 10.4 Å². The molecule has 5 N–H and O–H groups in total. The summed E-state index contributed by atoms with van der Waals surface area (Å²) in [4.78, 5) is 81.3. The highest BCUT2D eigenvalue weighted by atomic mass is 16.4. The summed E-state index contributed by atoms with van der Waals surface area (Å²) in [6.45, 7) is 2.41. The molecule has 0 aromatic heterocycles. The van der Waals surface area contributed by atoms with Crippen LogP contribution in [0.1, 0.15) is 42.5 Å². The molecule has 0 bridgehead atoms. The van der Waals surface area contributed by atoms with Crippen molar-refractivity contribution in [3.05, 3.63) is 107 Å². The molecule has 1 saturated heterocycles. The molecule has 0 spiro atoms. The first-order valence-electron chi connectivity index (χ1n) is 14.5. The molecule has 3 aromatic carbocycles. The molecule has 1 aliphatic rings. The van der Waals surface area contributed by atoms with E-state index in [1.807, 2.05) is 0 Å². The molecule has 47 heavy (non-hydrogen) atoms. The number of urea groups is 1. The first-order valence-corrected chi connectivity index (χ1v) is 14.5. The molecule has 0 saturated carbocycles. The number of carboxylic acids is 2. The lowest BCUT2D eigenvalue weighted by atomic mass is 9.89. The van der Waals surface area contributed by atoms with Crippen LogP contribution in [0.15, 0.2) is 90.0 Å². The Bertz CT molecular complexity index is 1670. The Morgan fingerprint density at radius 1 is 0.936 bits per heavy atom. The van der Waals surface area contributed by atoms with Crippen LogP contribution in [-0.4, -0.2) is 79.1 Å². The third-order valence-electron chi connectivity index (χ3n) is 7.79. The van der Waals surface area contributed by atoms with Crippen molar-refractivity contribution in [2.75, 3.05) is 0 Å². The van der Waals surface area contributed by atoms with E-state index in [1.165, 1.54) is 18.0 Å². The zero-order valence-electron chi connectivity index (χ0n) is 25.6. The van der Waals surface area contributed by atoms with Crippen molar-refractivity contribution in [2.45, 2.75) is 50.9 Å². The first kappa shape index (κ1) is 33.8. The number of nitrogens with one attached hydrogen (secondary N) is 1. The fourth-order valence-electron chi connectivity index (χ4n) is 5.44. The van der Waals surface area contributed by atoms with Crippen LogP contribution in [0.5, 0.6) is 0 Å². The van der Waals surface area contributed by atoms with Gasteiger partial charge in [-0.15, -0.1) is 0 Å². The molecular weight excluding hydrogens is 608 g/mol. The average Bonchev–Trinajstić information content (AvgIpc) is 3.22. The highest BCUT2D eigenvalue weighted by Crippen LogP contribution is 2.40. The van der Waals surface area contributed by atoms with Crippen LogP contribution in [0, 0.1) is 0 Å². The number of amides is 5. The second kappa shape index (κ2) is 14.4. The first-order chi connectivity index (χ1) is 22.4. The van der Waals surface area contributed by atoms with Crippen LogP contribution < -0.4 is 11.2 Å². The molecule has 14 heteroatoms. The van der Waals surface area contributed by atoms with Crippen LogP contribution >= 0.6 is 0 Å². The molecule has 4 rings (SSSR count). The Hall–Kier alpha value is -6.05. The van der Waals surface area contributed by atoms with E-state index >= 15 is 0 Å². The Morgan fingerprint density at radius 3 is 2.02 bits per heavy atom. The molecule has 244 valence electrons. The van der Waals surface area contributed by atoms with Gasteiger partial charge in [-0.05, 0) is 29.2 Å². The van der Waals surface area contributed by atoms with Crippen molar-refractivity contribution >= 4 is 41.9 Å². The zero-order valence-corrected chi connectivity index (χ0v) is 25.6. The lowest BCUT2D eigenvalue weighted by Crippen LogP contribution is -2.63. The number of benzene rings is 3. The lowest BCUT2D eigenvalue weighted by molar-refractivity contribution is -0.171. The van der Waals surface area contributed by atoms with Crippen LogP contribution in [0.3, 0.4) is 0 Å². The van der Waals surface area contributed by atoms with Gasteiger partial charge in [0, 0.05) is 19.9 Å². The van der Waals surface area contributed by atoms with Crippen LogP contribution in [0.25, 0.3) is 0 Å². The molecule has 1 fully saturated rings. The van der Waals surface area contributed by atoms with Crippen molar-refractivity contribution in [3.8, 4) is 0 Å². The number of rotatable bonds is 13. The molecule has 0 radical (unpaired) electrons. The number of hydrazone groups is 1. The second-order valence-electron chi connectivity index (χ2n) is 11.0. The standard InChI is InChI=1S/C33H34N6O8/c1-21(40)36-26(18-28(41)42)29(43)38(27(30(44)45)17-22-9-5-3-6-10-22)39-31(46)33(2,25-15-13-23(14-16-25)19-35-34)37(32(39)47)20-24-11-7-4-8-12-24/h3-16,19,26-27H,17-18,20,34H2,1-2H3,(H,36,40)(H,41,42)(H,44,45)/t26-,27-,33+/m0/s1. The highest BCUT2D eigenvalue weighted by molar-refractivity contribution is 6.09. The largest absolute Gasteiger partial charge is 0.481 e. The number of hydrogen-bond acceptors (Lipinski definition) is 8. The molecule has 14 nitrogen and oxygen atoms in total. The molecular formula is C33H34N6O8. The minimum absolute atomic E-state index is 0.118. The molecule has 0 unspecified atom stereocenters. The molecule has 0 aliphatic carbocycles. The number of hydrazine groups is 1. The number of carbonyl (C=O) groups excluding carboxylic acids is 4. The summed E-state index contributed by atoms with van der Waals surface area (Å²) >= 11 is 0. The molecule has 3 atom stereocenters. The minimum Gasteiger partial charge on any atom is -0.481 e. The fourth-order valence-corrected chi connectivity index (χ4v) is 5.44. The van der Waals surface area contributed by atoms with Gasteiger partial charge in [0.25, 0.3) is 11.8 Å². The van der Waals surface area contributed by atoms with Crippen LogP contribution in [0.4, 0.5) is 4.79 Å². The van der Waals surface area contributed by atoms with Crippen molar-refractivity contribution < 1.29 is 39.0 Å². The van der Waals surface area contributed by atoms with Crippen molar-refractivity contribution in [1.29, 1.82) is 0 Å². The number of aliphatic carboxylic acids is 2. The summed E-state index contributed by atoms with van der Waals surface area (Å²) in [6, 6.07) is 18.6. The number of nitrogens with zero attached hydrogens (tertiary/aromatic N) is 4.